The highest BCUT2D eigenvalue weighted by atomic mass is 79.9. The Labute approximate surface area is 137 Å². The minimum atomic E-state index is -3.61. The Morgan fingerprint density at radius 2 is 1.90 bits per heavy atom. The average molecular weight is 389 g/mol. The lowest BCUT2D eigenvalue weighted by molar-refractivity contribution is 0.467. The third kappa shape index (κ3) is 3.31. The highest BCUT2D eigenvalue weighted by Gasteiger charge is 2.26. The molecule has 114 valence electrons. The summed E-state index contributed by atoms with van der Waals surface area (Å²) in [5, 5.41) is 1.93. The molecule has 7 heteroatoms. The van der Waals surface area contributed by atoms with Gasteiger partial charge in [-0.1, -0.05) is 12.1 Å². The number of sulfonamides is 1. The van der Waals surface area contributed by atoms with E-state index in [2.05, 4.69) is 15.9 Å². The largest absolute Gasteiger partial charge is 0.397 e. The first-order chi connectivity index (χ1) is 9.73. The lowest BCUT2D eigenvalue weighted by Crippen LogP contribution is -2.28. The standard InChI is InChI=1S/C14H17BrN2O2S2/c1-9-4-5-10(2)14(13(9)16)21(18,19)17(3)7-11-6-12(15)20-8-11/h4-6,8H,7,16H2,1-3H3. The number of nitrogens with zero attached hydrogens (tertiary/aromatic N) is 1. The first kappa shape index (κ1) is 16.5. The number of nitrogen functional groups attached to an aromatic ring is 1. The van der Waals surface area contributed by atoms with Crippen molar-refractivity contribution in [2.24, 2.45) is 0 Å². The summed E-state index contributed by atoms with van der Waals surface area (Å²) in [5.41, 5.74) is 8.70. The molecule has 2 N–H and O–H groups in total. The molecule has 0 amide bonds. The second-order valence-electron chi connectivity index (χ2n) is 4.96. The topological polar surface area (TPSA) is 63.4 Å². The third-order valence-corrected chi connectivity index (χ3v) is 6.87. The Kier molecular flexibility index (Phi) is 4.77. The second kappa shape index (κ2) is 6.08. The van der Waals surface area contributed by atoms with Crippen LogP contribution in [0.25, 0.3) is 0 Å². The quantitative estimate of drug-likeness (QED) is 0.814. The Hall–Kier alpha value is -0.890. The molecule has 1 heterocycles. The van der Waals surface area contributed by atoms with Crippen LogP contribution in [0.2, 0.25) is 0 Å². The normalized spacial score (nSPS) is 12.0. The summed E-state index contributed by atoms with van der Waals surface area (Å²) in [5.74, 6) is 0. The van der Waals surface area contributed by atoms with Gasteiger partial charge in [-0.2, -0.15) is 4.31 Å². The number of aryl methyl sites for hydroxylation is 2. The summed E-state index contributed by atoms with van der Waals surface area (Å²) in [6.45, 7) is 3.89. The van der Waals surface area contributed by atoms with Gasteiger partial charge in [-0.3, -0.25) is 0 Å². The van der Waals surface area contributed by atoms with Gasteiger partial charge in [0, 0.05) is 13.6 Å². The fraction of sp³-hybridized carbons (Fsp3) is 0.286. The minimum absolute atomic E-state index is 0.208. The van der Waals surface area contributed by atoms with E-state index in [-0.39, 0.29) is 4.90 Å². The van der Waals surface area contributed by atoms with Gasteiger partial charge < -0.3 is 5.73 Å². The summed E-state index contributed by atoms with van der Waals surface area (Å²) in [4.78, 5) is 0.208. The minimum Gasteiger partial charge on any atom is -0.397 e. The van der Waals surface area contributed by atoms with Crippen LogP contribution in [0.5, 0.6) is 0 Å². The van der Waals surface area contributed by atoms with E-state index < -0.39 is 10.0 Å². The molecule has 0 saturated heterocycles. The van der Waals surface area contributed by atoms with E-state index in [0.29, 0.717) is 17.8 Å². The molecule has 1 aromatic heterocycles. The molecule has 0 fully saturated rings. The number of halogens is 1. The zero-order valence-electron chi connectivity index (χ0n) is 12.1. The molecule has 21 heavy (non-hydrogen) atoms. The molecule has 0 aliphatic carbocycles. The molecule has 0 atom stereocenters. The molecule has 0 radical (unpaired) electrons. The molecule has 4 nitrogen and oxygen atoms in total. The van der Waals surface area contributed by atoms with E-state index in [1.54, 1.807) is 20.0 Å². The number of benzene rings is 1. The van der Waals surface area contributed by atoms with Crippen molar-refractivity contribution in [2.75, 3.05) is 12.8 Å². The van der Waals surface area contributed by atoms with Gasteiger partial charge in [0.2, 0.25) is 10.0 Å². The second-order valence-corrected chi connectivity index (χ2v) is 9.23. The van der Waals surface area contributed by atoms with Crippen LogP contribution in [0.15, 0.2) is 32.3 Å². The molecule has 0 spiro atoms. The van der Waals surface area contributed by atoms with E-state index in [9.17, 15) is 8.42 Å². The van der Waals surface area contributed by atoms with Crippen LogP contribution in [0, 0.1) is 13.8 Å². The highest BCUT2D eigenvalue weighted by molar-refractivity contribution is 9.11. The Balaban J connectivity index is 2.40. The summed E-state index contributed by atoms with van der Waals surface area (Å²) < 4.78 is 27.9. The zero-order valence-corrected chi connectivity index (χ0v) is 15.3. The maximum absolute atomic E-state index is 12.8. The highest BCUT2D eigenvalue weighted by Crippen LogP contribution is 2.29. The number of thiophene rings is 1. The first-order valence-electron chi connectivity index (χ1n) is 6.28. The van der Waals surface area contributed by atoms with Crippen molar-refractivity contribution >= 4 is 43.0 Å². The lowest BCUT2D eigenvalue weighted by Gasteiger charge is -2.20. The van der Waals surface area contributed by atoms with Gasteiger partial charge in [0.05, 0.1) is 9.47 Å². The fourth-order valence-electron chi connectivity index (χ4n) is 2.08. The molecule has 0 aliphatic heterocycles. The van der Waals surface area contributed by atoms with Crippen LogP contribution in [0.1, 0.15) is 16.7 Å². The number of rotatable bonds is 4. The summed E-state index contributed by atoms with van der Waals surface area (Å²) in [6, 6.07) is 5.54. The van der Waals surface area contributed by atoms with Crippen molar-refractivity contribution in [2.45, 2.75) is 25.3 Å². The Bertz CT molecular complexity index is 769. The van der Waals surface area contributed by atoms with E-state index >= 15 is 0 Å². The van der Waals surface area contributed by atoms with Gasteiger partial charge in [-0.25, -0.2) is 8.42 Å². The van der Waals surface area contributed by atoms with Crippen LogP contribution >= 0.6 is 27.3 Å². The number of hydrogen-bond acceptors (Lipinski definition) is 4. The fourth-order valence-corrected chi connectivity index (χ4v) is 4.82. The third-order valence-electron chi connectivity index (χ3n) is 3.31. The van der Waals surface area contributed by atoms with Crippen LogP contribution in [0.4, 0.5) is 5.69 Å². The summed E-state index contributed by atoms with van der Waals surface area (Å²) >= 11 is 4.91. The van der Waals surface area contributed by atoms with E-state index in [1.165, 1.54) is 15.6 Å². The van der Waals surface area contributed by atoms with Crippen molar-refractivity contribution in [1.82, 2.24) is 4.31 Å². The van der Waals surface area contributed by atoms with Crippen LogP contribution in [-0.2, 0) is 16.6 Å². The molecule has 0 unspecified atom stereocenters. The van der Waals surface area contributed by atoms with Crippen LogP contribution < -0.4 is 5.73 Å². The Morgan fingerprint density at radius 3 is 2.48 bits per heavy atom. The number of anilines is 1. The number of hydrogen-bond donors (Lipinski definition) is 1. The van der Waals surface area contributed by atoms with Gasteiger partial charge >= 0.3 is 0 Å². The van der Waals surface area contributed by atoms with Crippen molar-refractivity contribution in [3.05, 3.63) is 44.1 Å². The summed E-state index contributed by atoms with van der Waals surface area (Å²) in [6.07, 6.45) is 0. The molecule has 0 aliphatic rings. The Morgan fingerprint density at radius 1 is 1.29 bits per heavy atom. The number of nitrogens with two attached hydrogens (primary N) is 1. The van der Waals surface area contributed by atoms with Crippen molar-refractivity contribution in [3.8, 4) is 0 Å². The molecular weight excluding hydrogens is 372 g/mol. The monoisotopic (exact) mass is 388 g/mol. The predicted octanol–water partition coefficient (Wildman–Crippen LogP) is 3.53. The molecular formula is C14H17BrN2O2S2. The summed E-state index contributed by atoms with van der Waals surface area (Å²) in [7, 11) is -2.04. The van der Waals surface area contributed by atoms with Gasteiger partial charge in [-0.15, -0.1) is 11.3 Å². The van der Waals surface area contributed by atoms with E-state index in [0.717, 1.165) is 14.9 Å². The molecule has 2 aromatic rings. The smallest absolute Gasteiger partial charge is 0.245 e. The molecule has 0 bridgehead atoms. The molecule has 1 aromatic carbocycles. The van der Waals surface area contributed by atoms with Crippen molar-refractivity contribution in [3.63, 3.8) is 0 Å². The molecule has 2 rings (SSSR count). The van der Waals surface area contributed by atoms with Gasteiger partial charge in [0.25, 0.3) is 0 Å². The van der Waals surface area contributed by atoms with E-state index in [1.807, 2.05) is 24.4 Å². The zero-order chi connectivity index (χ0) is 15.8. The lowest BCUT2D eigenvalue weighted by atomic mass is 10.1. The maximum Gasteiger partial charge on any atom is 0.245 e. The van der Waals surface area contributed by atoms with Gasteiger partial charge in [0.15, 0.2) is 0 Å². The molecule has 0 saturated carbocycles. The average Bonchev–Trinajstić information content (AvgIpc) is 2.79. The van der Waals surface area contributed by atoms with Crippen molar-refractivity contribution < 1.29 is 8.42 Å². The van der Waals surface area contributed by atoms with Gasteiger partial charge in [-0.05, 0) is 57.9 Å². The maximum atomic E-state index is 12.8. The van der Waals surface area contributed by atoms with Crippen molar-refractivity contribution in [1.29, 1.82) is 0 Å². The van der Waals surface area contributed by atoms with Gasteiger partial charge in [0.1, 0.15) is 4.90 Å². The van der Waals surface area contributed by atoms with E-state index in [4.69, 9.17) is 5.73 Å². The predicted molar refractivity (Wildman–Crippen MR) is 91.0 cm³/mol. The SMILES string of the molecule is Cc1ccc(C)c(S(=O)(=O)N(C)Cc2csc(Br)c2)c1N. The van der Waals surface area contributed by atoms with Crippen LogP contribution in [-0.4, -0.2) is 19.8 Å². The first-order valence-corrected chi connectivity index (χ1v) is 9.39. The van der Waals surface area contributed by atoms with Crippen LogP contribution in [0.3, 0.4) is 0 Å².